The number of carbonyl (C=O) groups excluding carboxylic acids is 2. The number of hydrogen-bond donors (Lipinski definition) is 1. The number of nitrogens with one attached hydrogen (secondary N) is 1. The minimum Gasteiger partial charge on any atom is -0.489 e. The predicted octanol–water partition coefficient (Wildman–Crippen LogP) is 3.60. The molecule has 0 atom stereocenters. The van der Waals surface area contributed by atoms with E-state index in [4.69, 9.17) is 21.1 Å². The lowest BCUT2D eigenvalue weighted by Crippen LogP contribution is -2.33. The van der Waals surface area contributed by atoms with E-state index in [1.165, 1.54) is 0 Å². The summed E-state index contributed by atoms with van der Waals surface area (Å²) in [5.74, 6) is -0.149. The first-order valence-corrected chi connectivity index (χ1v) is 8.25. The fourth-order valence-electron chi connectivity index (χ4n) is 2.01. The molecule has 25 heavy (non-hydrogen) atoms. The molecule has 0 fully saturated rings. The second-order valence-electron chi connectivity index (χ2n) is 5.74. The third kappa shape index (κ3) is 6.47. The highest BCUT2D eigenvalue weighted by Crippen LogP contribution is 2.17. The predicted molar refractivity (Wildman–Crippen MR) is 95.8 cm³/mol. The van der Waals surface area contributed by atoms with Gasteiger partial charge < -0.3 is 14.8 Å². The molecule has 0 radical (unpaired) electrons. The van der Waals surface area contributed by atoms with Crippen molar-refractivity contribution in [2.75, 3.05) is 6.61 Å². The molecule has 0 aliphatic rings. The molecule has 0 saturated carbocycles. The lowest BCUT2D eigenvalue weighted by molar-refractivity contribution is -0.124. The molecule has 0 heterocycles. The number of halogens is 1. The topological polar surface area (TPSA) is 64.6 Å². The highest BCUT2D eigenvalue weighted by molar-refractivity contribution is 6.30. The van der Waals surface area contributed by atoms with E-state index in [9.17, 15) is 9.59 Å². The molecule has 0 aliphatic heterocycles. The molecule has 5 nitrogen and oxygen atoms in total. The van der Waals surface area contributed by atoms with Crippen molar-refractivity contribution in [3.8, 4) is 5.75 Å². The van der Waals surface area contributed by atoms with Crippen LogP contribution in [0.3, 0.4) is 0 Å². The van der Waals surface area contributed by atoms with Crippen LogP contribution in [-0.2, 0) is 16.1 Å². The molecule has 2 rings (SSSR count). The molecule has 0 saturated heterocycles. The maximum absolute atomic E-state index is 11.9. The first-order valence-electron chi connectivity index (χ1n) is 7.88. The summed E-state index contributed by atoms with van der Waals surface area (Å²) in [7, 11) is 0. The average molecular weight is 362 g/mol. The molecule has 0 aromatic heterocycles. The third-order valence-corrected chi connectivity index (χ3v) is 3.44. The number of carbonyl (C=O) groups is 2. The normalized spacial score (nSPS) is 10.4. The van der Waals surface area contributed by atoms with Crippen molar-refractivity contribution in [2.24, 2.45) is 0 Å². The van der Waals surface area contributed by atoms with E-state index in [1.807, 2.05) is 13.8 Å². The van der Waals surface area contributed by atoms with Gasteiger partial charge >= 0.3 is 5.97 Å². The van der Waals surface area contributed by atoms with Gasteiger partial charge in [0.25, 0.3) is 5.91 Å². The van der Waals surface area contributed by atoms with Crippen LogP contribution in [0.2, 0.25) is 5.02 Å². The molecule has 2 aromatic carbocycles. The molecule has 2 aromatic rings. The van der Waals surface area contributed by atoms with Gasteiger partial charge in [0.1, 0.15) is 12.4 Å². The Morgan fingerprint density at radius 3 is 2.28 bits per heavy atom. The largest absolute Gasteiger partial charge is 0.489 e. The number of benzene rings is 2. The lowest BCUT2D eigenvalue weighted by atomic mass is 10.1. The SMILES string of the molecule is CC(C)NC(=O)COC(=O)c1ccc(COc2ccc(Cl)cc2)cc1. The molecule has 1 amide bonds. The number of hydrogen-bond acceptors (Lipinski definition) is 4. The summed E-state index contributed by atoms with van der Waals surface area (Å²) in [5, 5.41) is 3.30. The summed E-state index contributed by atoms with van der Waals surface area (Å²) in [4.78, 5) is 23.4. The Labute approximate surface area is 151 Å². The molecule has 6 heteroatoms. The minimum absolute atomic E-state index is 0.00567. The van der Waals surface area contributed by atoms with Crippen LogP contribution in [0.4, 0.5) is 0 Å². The maximum atomic E-state index is 11.9. The van der Waals surface area contributed by atoms with Crippen molar-refractivity contribution in [3.05, 3.63) is 64.7 Å². The summed E-state index contributed by atoms with van der Waals surface area (Å²) in [6.45, 7) is 3.75. The van der Waals surface area contributed by atoms with E-state index >= 15 is 0 Å². The number of rotatable bonds is 7. The smallest absolute Gasteiger partial charge is 0.338 e. The van der Waals surface area contributed by atoms with Crippen LogP contribution >= 0.6 is 11.6 Å². The monoisotopic (exact) mass is 361 g/mol. The quantitative estimate of drug-likeness (QED) is 0.765. The van der Waals surface area contributed by atoms with Crippen LogP contribution in [0.15, 0.2) is 48.5 Å². The van der Waals surface area contributed by atoms with Crippen LogP contribution in [0.5, 0.6) is 5.75 Å². The number of amides is 1. The van der Waals surface area contributed by atoms with Crippen LogP contribution in [0.1, 0.15) is 29.8 Å². The van der Waals surface area contributed by atoms with Gasteiger partial charge in [0.15, 0.2) is 6.61 Å². The number of esters is 1. The van der Waals surface area contributed by atoms with Crippen molar-refractivity contribution >= 4 is 23.5 Å². The molecular formula is C19H20ClNO4. The molecule has 0 aliphatic carbocycles. The fourth-order valence-corrected chi connectivity index (χ4v) is 2.14. The molecule has 0 unspecified atom stereocenters. The van der Waals surface area contributed by atoms with Gasteiger partial charge in [0, 0.05) is 11.1 Å². The summed E-state index contributed by atoms with van der Waals surface area (Å²) >= 11 is 5.82. The fraction of sp³-hybridized carbons (Fsp3) is 0.263. The Bertz CT molecular complexity index is 711. The summed E-state index contributed by atoms with van der Waals surface area (Å²) in [6, 6.07) is 13.9. The van der Waals surface area contributed by atoms with E-state index < -0.39 is 5.97 Å². The molecular weight excluding hydrogens is 342 g/mol. The Morgan fingerprint density at radius 2 is 1.68 bits per heavy atom. The van der Waals surface area contributed by atoms with Crippen molar-refractivity contribution in [2.45, 2.75) is 26.5 Å². The van der Waals surface area contributed by atoms with E-state index in [0.29, 0.717) is 22.9 Å². The highest BCUT2D eigenvalue weighted by atomic mass is 35.5. The van der Waals surface area contributed by atoms with Gasteiger partial charge in [-0.1, -0.05) is 23.7 Å². The van der Waals surface area contributed by atoms with Gasteiger partial charge in [-0.15, -0.1) is 0 Å². The Morgan fingerprint density at radius 1 is 1.04 bits per heavy atom. The van der Waals surface area contributed by atoms with E-state index in [-0.39, 0.29) is 18.6 Å². The first-order chi connectivity index (χ1) is 11.9. The van der Waals surface area contributed by atoms with E-state index in [0.717, 1.165) is 5.56 Å². The van der Waals surface area contributed by atoms with Crippen molar-refractivity contribution in [3.63, 3.8) is 0 Å². The van der Waals surface area contributed by atoms with E-state index in [1.54, 1.807) is 48.5 Å². The zero-order chi connectivity index (χ0) is 18.2. The second kappa shape index (κ2) is 9.08. The standard InChI is InChI=1S/C19H20ClNO4/c1-13(2)21-18(22)12-25-19(23)15-5-3-14(4-6-15)11-24-17-9-7-16(20)8-10-17/h3-10,13H,11-12H2,1-2H3,(H,21,22). The molecule has 0 bridgehead atoms. The van der Waals surface area contributed by atoms with Crippen LogP contribution in [-0.4, -0.2) is 24.5 Å². The Kier molecular flexibility index (Phi) is 6.83. The number of ether oxygens (including phenoxy) is 2. The Hall–Kier alpha value is -2.53. The minimum atomic E-state index is -0.538. The highest BCUT2D eigenvalue weighted by Gasteiger charge is 2.10. The van der Waals surface area contributed by atoms with Crippen LogP contribution in [0, 0.1) is 0 Å². The molecule has 0 spiro atoms. The molecule has 1 N–H and O–H groups in total. The average Bonchev–Trinajstić information content (AvgIpc) is 2.59. The van der Waals surface area contributed by atoms with Crippen molar-refractivity contribution in [1.29, 1.82) is 0 Å². The van der Waals surface area contributed by atoms with Gasteiger partial charge in [0.05, 0.1) is 5.56 Å². The summed E-state index contributed by atoms with van der Waals surface area (Å²) in [5.41, 5.74) is 1.29. The second-order valence-corrected chi connectivity index (χ2v) is 6.17. The molecule has 132 valence electrons. The van der Waals surface area contributed by atoms with Crippen molar-refractivity contribution < 1.29 is 19.1 Å². The van der Waals surface area contributed by atoms with Crippen molar-refractivity contribution in [1.82, 2.24) is 5.32 Å². The lowest BCUT2D eigenvalue weighted by Gasteiger charge is -2.09. The van der Waals surface area contributed by atoms with E-state index in [2.05, 4.69) is 5.32 Å². The first kappa shape index (κ1) is 18.8. The van der Waals surface area contributed by atoms with Gasteiger partial charge in [-0.25, -0.2) is 4.79 Å². The van der Waals surface area contributed by atoms with Gasteiger partial charge in [-0.05, 0) is 55.8 Å². The zero-order valence-electron chi connectivity index (χ0n) is 14.1. The van der Waals surface area contributed by atoms with Gasteiger partial charge in [-0.3, -0.25) is 4.79 Å². The van der Waals surface area contributed by atoms with Gasteiger partial charge in [0.2, 0.25) is 0 Å². The maximum Gasteiger partial charge on any atom is 0.338 e. The summed E-state index contributed by atoms with van der Waals surface area (Å²) in [6.07, 6.45) is 0. The zero-order valence-corrected chi connectivity index (χ0v) is 14.9. The third-order valence-electron chi connectivity index (χ3n) is 3.19. The van der Waals surface area contributed by atoms with Crippen LogP contribution < -0.4 is 10.1 Å². The Balaban J connectivity index is 1.83. The summed E-state index contributed by atoms with van der Waals surface area (Å²) < 4.78 is 10.6. The van der Waals surface area contributed by atoms with Crippen LogP contribution in [0.25, 0.3) is 0 Å². The van der Waals surface area contributed by atoms with Gasteiger partial charge in [-0.2, -0.15) is 0 Å².